The summed E-state index contributed by atoms with van der Waals surface area (Å²) < 4.78 is 42.3. The molecule has 28 heavy (non-hydrogen) atoms. The average Bonchev–Trinajstić information content (AvgIpc) is 3.08. The van der Waals surface area contributed by atoms with Gasteiger partial charge in [0.1, 0.15) is 5.75 Å². The molecule has 10 heteroatoms. The molecular weight excluding hydrogens is 504 g/mol. The number of hydrogen-bond acceptors (Lipinski definition) is 4. The van der Waals surface area contributed by atoms with E-state index in [1.807, 2.05) is 11.4 Å². The maximum Gasteiger partial charge on any atom is 0.422 e. The maximum absolute atomic E-state index is 12.5. The molecule has 0 saturated carbocycles. The van der Waals surface area contributed by atoms with Crippen LogP contribution in [0.5, 0.6) is 5.75 Å². The fourth-order valence-corrected chi connectivity index (χ4v) is 3.01. The zero-order valence-corrected chi connectivity index (χ0v) is 19.0. The summed E-state index contributed by atoms with van der Waals surface area (Å²) in [6.45, 7) is 3.33. The number of rotatable bonds is 7. The minimum atomic E-state index is -4.38. The van der Waals surface area contributed by atoms with Gasteiger partial charge in [-0.2, -0.15) is 13.2 Å². The maximum atomic E-state index is 12.5. The third-order valence-electron chi connectivity index (χ3n) is 3.62. The van der Waals surface area contributed by atoms with Crippen LogP contribution in [0.1, 0.15) is 28.8 Å². The van der Waals surface area contributed by atoms with E-state index in [0.29, 0.717) is 18.1 Å². The molecule has 0 radical (unpaired) electrons. The Balaban J connectivity index is 0.00000392. The summed E-state index contributed by atoms with van der Waals surface area (Å²) in [5.41, 5.74) is 2.37. The first kappa shape index (κ1) is 24.5. The lowest BCUT2D eigenvalue weighted by atomic mass is 10.1. The Morgan fingerprint density at radius 1 is 1.25 bits per heavy atom. The molecule has 1 heterocycles. The molecule has 0 bridgehead atoms. The third kappa shape index (κ3) is 8.21. The van der Waals surface area contributed by atoms with Crippen LogP contribution in [0.3, 0.4) is 0 Å². The molecule has 0 aliphatic carbocycles. The zero-order valence-electron chi connectivity index (χ0n) is 15.9. The fourth-order valence-electron chi connectivity index (χ4n) is 2.27. The minimum absolute atomic E-state index is 0. The van der Waals surface area contributed by atoms with Gasteiger partial charge in [0.05, 0.1) is 17.2 Å². The smallest absolute Gasteiger partial charge is 0.422 e. The number of guanidine groups is 1. The lowest BCUT2D eigenvalue weighted by Gasteiger charge is -2.16. The van der Waals surface area contributed by atoms with E-state index in [1.54, 1.807) is 37.4 Å². The van der Waals surface area contributed by atoms with Gasteiger partial charge in [-0.15, -0.1) is 35.3 Å². The van der Waals surface area contributed by atoms with Crippen LogP contribution < -0.4 is 15.4 Å². The predicted molar refractivity (Wildman–Crippen MR) is 117 cm³/mol. The molecule has 0 aliphatic heterocycles. The van der Waals surface area contributed by atoms with Gasteiger partial charge in [0.25, 0.3) is 0 Å². The van der Waals surface area contributed by atoms with Crippen molar-refractivity contribution in [3.05, 3.63) is 45.4 Å². The topological polar surface area (TPSA) is 58.5 Å². The Morgan fingerprint density at radius 2 is 1.96 bits per heavy atom. The van der Waals surface area contributed by atoms with Crippen LogP contribution in [0, 0.1) is 6.92 Å². The SMILES string of the molecule is CCc1nc(CNC(=NC)NCc2ccc(C)cc2OCC(F)(F)F)cs1.I. The number of aromatic nitrogens is 1. The van der Waals surface area contributed by atoms with Gasteiger partial charge in [0.15, 0.2) is 12.6 Å². The Hall–Kier alpha value is -1.56. The summed E-state index contributed by atoms with van der Waals surface area (Å²) >= 11 is 1.61. The molecule has 0 atom stereocenters. The molecule has 0 unspecified atom stereocenters. The van der Waals surface area contributed by atoms with Crippen molar-refractivity contribution in [1.82, 2.24) is 15.6 Å². The molecule has 1 aromatic carbocycles. The highest BCUT2D eigenvalue weighted by Gasteiger charge is 2.28. The van der Waals surface area contributed by atoms with E-state index in [-0.39, 0.29) is 36.3 Å². The standard InChI is InChI=1S/C18H23F3N4OS.HI/c1-4-16-25-14(10-27-16)9-24-17(22-3)23-8-13-6-5-12(2)7-15(13)26-11-18(19,20)21;/h5-7,10H,4,8-9,11H2,1-3H3,(H2,22,23,24);1H. The van der Waals surface area contributed by atoms with Gasteiger partial charge in [-0.25, -0.2) is 4.98 Å². The monoisotopic (exact) mass is 528 g/mol. The molecule has 2 N–H and O–H groups in total. The lowest BCUT2D eigenvalue weighted by molar-refractivity contribution is -0.153. The summed E-state index contributed by atoms with van der Waals surface area (Å²) in [6.07, 6.45) is -3.48. The Labute approximate surface area is 183 Å². The summed E-state index contributed by atoms with van der Waals surface area (Å²) in [6, 6.07) is 5.17. The van der Waals surface area contributed by atoms with Crippen molar-refractivity contribution in [2.45, 2.75) is 39.5 Å². The summed E-state index contributed by atoms with van der Waals surface area (Å²) in [7, 11) is 1.63. The summed E-state index contributed by atoms with van der Waals surface area (Å²) in [4.78, 5) is 8.60. The highest BCUT2D eigenvalue weighted by Crippen LogP contribution is 2.23. The van der Waals surface area contributed by atoms with Crippen molar-refractivity contribution in [2.75, 3.05) is 13.7 Å². The first-order chi connectivity index (χ1) is 12.8. The number of thiazole rings is 1. The largest absolute Gasteiger partial charge is 0.484 e. The van der Waals surface area contributed by atoms with E-state index in [0.717, 1.165) is 22.7 Å². The molecule has 0 spiro atoms. The van der Waals surface area contributed by atoms with Gasteiger partial charge in [0.2, 0.25) is 0 Å². The van der Waals surface area contributed by atoms with Crippen LogP contribution in [0.2, 0.25) is 0 Å². The normalized spacial score (nSPS) is 11.7. The first-order valence-electron chi connectivity index (χ1n) is 8.47. The number of nitrogens with zero attached hydrogens (tertiary/aromatic N) is 2. The molecule has 1 aromatic heterocycles. The number of nitrogens with one attached hydrogen (secondary N) is 2. The number of hydrogen-bond donors (Lipinski definition) is 2. The predicted octanol–water partition coefficient (Wildman–Crippen LogP) is 4.44. The van der Waals surface area contributed by atoms with E-state index >= 15 is 0 Å². The van der Waals surface area contributed by atoms with Crippen LogP contribution in [0.25, 0.3) is 0 Å². The van der Waals surface area contributed by atoms with E-state index in [2.05, 4.69) is 27.5 Å². The molecule has 0 amide bonds. The summed E-state index contributed by atoms with van der Waals surface area (Å²) in [5, 5.41) is 9.29. The average molecular weight is 528 g/mol. The fraction of sp³-hybridized carbons (Fsp3) is 0.444. The third-order valence-corrected chi connectivity index (χ3v) is 4.66. The second-order valence-corrected chi connectivity index (χ2v) is 6.82. The molecule has 5 nitrogen and oxygen atoms in total. The first-order valence-corrected chi connectivity index (χ1v) is 9.35. The van der Waals surface area contributed by atoms with Crippen molar-refractivity contribution < 1.29 is 17.9 Å². The van der Waals surface area contributed by atoms with Gasteiger partial charge in [-0.3, -0.25) is 4.99 Å². The Morgan fingerprint density at radius 3 is 2.57 bits per heavy atom. The second-order valence-electron chi connectivity index (χ2n) is 5.88. The van der Waals surface area contributed by atoms with Crippen molar-refractivity contribution in [1.29, 1.82) is 0 Å². The number of ether oxygens (including phenoxy) is 1. The van der Waals surface area contributed by atoms with Crippen LogP contribution >= 0.6 is 35.3 Å². The molecule has 156 valence electrons. The van der Waals surface area contributed by atoms with Crippen LogP contribution in [0.15, 0.2) is 28.6 Å². The number of alkyl halides is 3. The lowest BCUT2D eigenvalue weighted by Crippen LogP contribution is -2.36. The number of aliphatic imine (C=N–C) groups is 1. The molecular formula is C18H24F3IN4OS. The van der Waals surface area contributed by atoms with Crippen molar-refractivity contribution in [3.63, 3.8) is 0 Å². The van der Waals surface area contributed by atoms with E-state index < -0.39 is 12.8 Å². The number of benzene rings is 1. The van der Waals surface area contributed by atoms with E-state index in [4.69, 9.17) is 4.74 Å². The van der Waals surface area contributed by atoms with E-state index in [1.165, 1.54) is 0 Å². The van der Waals surface area contributed by atoms with Gasteiger partial charge >= 0.3 is 6.18 Å². The summed E-state index contributed by atoms with van der Waals surface area (Å²) in [5.74, 6) is 0.741. The number of halogens is 4. The second kappa shape index (κ2) is 11.4. The molecule has 2 rings (SSSR count). The minimum Gasteiger partial charge on any atom is -0.484 e. The highest BCUT2D eigenvalue weighted by atomic mass is 127. The Bertz CT molecular complexity index is 780. The number of aryl methyl sites for hydroxylation is 2. The molecule has 0 saturated heterocycles. The van der Waals surface area contributed by atoms with Crippen LogP contribution in [-0.2, 0) is 19.5 Å². The van der Waals surface area contributed by atoms with Crippen molar-refractivity contribution >= 4 is 41.3 Å². The highest BCUT2D eigenvalue weighted by molar-refractivity contribution is 14.0. The zero-order chi connectivity index (χ0) is 19.9. The van der Waals surface area contributed by atoms with Gasteiger partial charge < -0.3 is 15.4 Å². The Kier molecular flexibility index (Phi) is 10.0. The van der Waals surface area contributed by atoms with Crippen LogP contribution in [-0.4, -0.2) is 30.8 Å². The quantitative estimate of drug-likeness (QED) is 0.317. The molecule has 2 aromatic rings. The van der Waals surface area contributed by atoms with Crippen molar-refractivity contribution in [2.24, 2.45) is 4.99 Å². The van der Waals surface area contributed by atoms with Crippen LogP contribution in [0.4, 0.5) is 13.2 Å². The molecule has 0 fully saturated rings. The van der Waals surface area contributed by atoms with Gasteiger partial charge in [-0.05, 0) is 25.0 Å². The van der Waals surface area contributed by atoms with Crippen molar-refractivity contribution in [3.8, 4) is 5.75 Å². The van der Waals surface area contributed by atoms with Gasteiger partial charge in [-0.1, -0.05) is 19.1 Å². The van der Waals surface area contributed by atoms with E-state index in [9.17, 15) is 13.2 Å². The molecule has 0 aliphatic rings. The van der Waals surface area contributed by atoms with Gasteiger partial charge in [0, 0.05) is 24.5 Å².